The van der Waals surface area contributed by atoms with Crippen LogP contribution in [0.15, 0.2) is 48.5 Å². The summed E-state index contributed by atoms with van der Waals surface area (Å²) in [5, 5.41) is 5.54. The molecule has 0 heterocycles. The highest BCUT2D eigenvalue weighted by Crippen LogP contribution is 2.22. The van der Waals surface area contributed by atoms with Gasteiger partial charge in [-0.15, -0.1) is 0 Å². The lowest BCUT2D eigenvalue weighted by atomic mass is 10.1. The number of nitrogens with one attached hydrogen (secondary N) is 2. The summed E-state index contributed by atoms with van der Waals surface area (Å²) in [4.78, 5) is 24.7. The van der Waals surface area contributed by atoms with Crippen molar-refractivity contribution >= 4 is 33.2 Å². The Bertz CT molecular complexity index is 990. The fraction of sp³-hybridized carbons (Fsp3) is 0.364. The van der Waals surface area contributed by atoms with E-state index in [1.807, 2.05) is 6.92 Å². The Morgan fingerprint density at radius 3 is 2.35 bits per heavy atom. The van der Waals surface area contributed by atoms with E-state index < -0.39 is 10.0 Å². The average molecular weight is 448 g/mol. The van der Waals surface area contributed by atoms with E-state index in [4.69, 9.17) is 4.74 Å². The summed E-state index contributed by atoms with van der Waals surface area (Å²) in [6.45, 7) is 2.66. The number of ether oxygens (including phenoxy) is 1. The molecule has 0 unspecified atom stereocenters. The van der Waals surface area contributed by atoms with Crippen molar-refractivity contribution in [3.05, 3.63) is 54.1 Å². The highest BCUT2D eigenvalue weighted by Gasteiger charge is 2.18. The SMILES string of the molecule is CCCNC(=O)c1ccccc1NC(=O)CCCN(c1ccc(OC)cc1)S(C)(=O)=O. The van der Waals surface area contributed by atoms with Gasteiger partial charge in [0, 0.05) is 19.5 Å². The molecule has 0 aromatic heterocycles. The number of anilines is 2. The molecular formula is C22H29N3O5S. The van der Waals surface area contributed by atoms with E-state index in [9.17, 15) is 18.0 Å². The molecule has 0 fully saturated rings. The van der Waals surface area contributed by atoms with E-state index in [2.05, 4.69) is 10.6 Å². The summed E-state index contributed by atoms with van der Waals surface area (Å²) in [6, 6.07) is 13.5. The minimum Gasteiger partial charge on any atom is -0.497 e. The van der Waals surface area contributed by atoms with E-state index in [0.29, 0.717) is 35.7 Å². The van der Waals surface area contributed by atoms with Crippen LogP contribution in [0, 0.1) is 0 Å². The van der Waals surface area contributed by atoms with Crippen molar-refractivity contribution in [2.24, 2.45) is 0 Å². The monoisotopic (exact) mass is 447 g/mol. The van der Waals surface area contributed by atoms with Crippen LogP contribution in [0.1, 0.15) is 36.5 Å². The zero-order chi connectivity index (χ0) is 22.9. The molecule has 31 heavy (non-hydrogen) atoms. The van der Waals surface area contributed by atoms with Crippen LogP contribution >= 0.6 is 0 Å². The summed E-state index contributed by atoms with van der Waals surface area (Å²) >= 11 is 0. The maximum atomic E-state index is 12.4. The number of carbonyl (C=O) groups is 2. The number of benzene rings is 2. The molecule has 2 aromatic carbocycles. The summed E-state index contributed by atoms with van der Waals surface area (Å²) in [6.07, 6.45) is 2.36. The Balaban J connectivity index is 1.99. The summed E-state index contributed by atoms with van der Waals surface area (Å²) in [5.41, 5.74) is 1.32. The van der Waals surface area contributed by atoms with Gasteiger partial charge in [-0.25, -0.2) is 8.42 Å². The Morgan fingerprint density at radius 1 is 1.06 bits per heavy atom. The van der Waals surface area contributed by atoms with E-state index in [1.54, 1.807) is 48.5 Å². The Hall–Kier alpha value is -3.07. The molecule has 0 aliphatic carbocycles. The lowest BCUT2D eigenvalue weighted by Gasteiger charge is -2.22. The van der Waals surface area contributed by atoms with Crippen LogP contribution < -0.4 is 19.7 Å². The van der Waals surface area contributed by atoms with Crippen molar-refractivity contribution < 1.29 is 22.7 Å². The standard InChI is InChI=1S/C22H29N3O5S/c1-4-15-23-22(27)19-8-5-6-9-20(19)24-21(26)10-7-16-25(31(3,28)29)17-11-13-18(30-2)14-12-17/h5-6,8-9,11-14H,4,7,10,15-16H2,1-3H3,(H,23,27)(H,24,26). The van der Waals surface area contributed by atoms with Gasteiger partial charge in [0.15, 0.2) is 0 Å². The lowest BCUT2D eigenvalue weighted by molar-refractivity contribution is -0.116. The number of nitrogens with zero attached hydrogens (tertiary/aromatic N) is 1. The second kappa shape index (κ2) is 11.4. The molecule has 168 valence electrons. The molecule has 0 bridgehead atoms. The van der Waals surface area contributed by atoms with Gasteiger partial charge in [0.1, 0.15) is 5.75 Å². The van der Waals surface area contributed by atoms with Crippen LogP contribution in [-0.2, 0) is 14.8 Å². The van der Waals surface area contributed by atoms with Gasteiger partial charge in [0.2, 0.25) is 15.9 Å². The highest BCUT2D eigenvalue weighted by atomic mass is 32.2. The third kappa shape index (κ3) is 7.29. The molecule has 0 radical (unpaired) electrons. The molecule has 0 aliphatic heterocycles. The van der Waals surface area contributed by atoms with Gasteiger partial charge >= 0.3 is 0 Å². The second-order valence-corrected chi connectivity index (χ2v) is 8.89. The third-order valence-electron chi connectivity index (χ3n) is 4.51. The predicted molar refractivity (Wildman–Crippen MR) is 122 cm³/mol. The van der Waals surface area contributed by atoms with Crippen molar-refractivity contribution in [3.63, 3.8) is 0 Å². The molecule has 2 N–H and O–H groups in total. The summed E-state index contributed by atoms with van der Waals surface area (Å²) < 4.78 is 30.8. The van der Waals surface area contributed by atoms with Crippen molar-refractivity contribution in [2.75, 3.05) is 36.1 Å². The van der Waals surface area contributed by atoms with Crippen molar-refractivity contribution in [3.8, 4) is 5.75 Å². The first-order valence-corrected chi connectivity index (χ1v) is 11.9. The van der Waals surface area contributed by atoms with Crippen LogP contribution in [0.4, 0.5) is 11.4 Å². The van der Waals surface area contributed by atoms with Crippen LogP contribution in [0.5, 0.6) is 5.75 Å². The maximum Gasteiger partial charge on any atom is 0.253 e. The Morgan fingerprint density at radius 2 is 1.74 bits per heavy atom. The first-order chi connectivity index (χ1) is 14.8. The van der Waals surface area contributed by atoms with Gasteiger partial charge in [0.25, 0.3) is 5.91 Å². The van der Waals surface area contributed by atoms with Gasteiger partial charge in [-0.3, -0.25) is 13.9 Å². The number of hydrogen-bond donors (Lipinski definition) is 2. The molecule has 2 rings (SSSR count). The fourth-order valence-corrected chi connectivity index (χ4v) is 3.92. The number of methoxy groups -OCH3 is 1. The van der Waals surface area contributed by atoms with Crippen LogP contribution in [0.3, 0.4) is 0 Å². The van der Waals surface area contributed by atoms with E-state index >= 15 is 0 Å². The van der Waals surface area contributed by atoms with E-state index in [1.165, 1.54) is 11.4 Å². The molecule has 2 aromatic rings. The van der Waals surface area contributed by atoms with Gasteiger partial charge in [-0.05, 0) is 49.2 Å². The molecular weight excluding hydrogens is 418 g/mol. The Kier molecular flexibility index (Phi) is 8.87. The van der Waals surface area contributed by atoms with Crippen LogP contribution in [0.2, 0.25) is 0 Å². The van der Waals surface area contributed by atoms with Gasteiger partial charge < -0.3 is 15.4 Å². The molecule has 9 heteroatoms. The summed E-state index contributed by atoms with van der Waals surface area (Å²) in [5.74, 6) is 0.0812. The Labute approximate surface area is 183 Å². The zero-order valence-corrected chi connectivity index (χ0v) is 18.9. The van der Waals surface area contributed by atoms with Crippen LogP contribution in [0.25, 0.3) is 0 Å². The quantitative estimate of drug-likeness (QED) is 0.551. The molecule has 0 saturated heterocycles. The molecule has 0 atom stereocenters. The zero-order valence-electron chi connectivity index (χ0n) is 18.1. The lowest BCUT2D eigenvalue weighted by Crippen LogP contribution is -2.31. The minimum absolute atomic E-state index is 0.104. The highest BCUT2D eigenvalue weighted by molar-refractivity contribution is 7.92. The molecule has 0 saturated carbocycles. The number of amides is 2. The first-order valence-electron chi connectivity index (χ1n) is 10.0. The molecule has 0 aliphatic rings. The normalized spacial score (nSPS) is 10.9. The minimum atomic E-state index is -3.51. The summed E-state index contributed by atoms with van der Waals surface area (Å²) in [7, 11) is -1.98. The number of rotatable bonds is 11. The van der Waals surface area contributed by atoms with Crippen molar-refractivity contribution in [2.45, 2.75) is 26.2 Å². The fourth-order valence-electron chi connectivity index (χ4n) is 2.95. The maximum absolute atomic E-state index is 12.4. The smallest absolute Gasteiger partial charge is 0.253 e. The molecule has 8 nitrogen and oxygen atoms in total. The second-order valence-electron chi connectivity index (χ2n) is 6.99. The van der Waals surface area contributed by atoms with Crippen molar-refractivity contribution in [1.29, 1.82) is 0 Å². The number of para-hydroxylation sites is 1. The van der Waals surface area contributed by atoms with Gasteiger partial charge in [0.05, 0.1) is 30.3 Å². The number of sulfonamides is 1. The molecule has 2 amide bonds. The molecule has 0 spiro atoms. The van der Waals surface area contributed by atoms with Crippen molar-refractivity contribution in [1.82, 2.24) is 5.32 Å². The van der Waals surface area contributed by atoms with Gasteiger partial charge in [-0.1, -0.05) is 19.1 Å². The van der Waals surface area contributed by atoms with Crippen LogP contribution in [-0.4, -0.2) is 46.7 Å². The first kappa shape index (κ1) is 24.2. The van der Waals surface area contributed by atoms with E-state index in [0.717, 1.165) is 12.7 Å². The average Bonchev–Trinajstić information content (AvgIpc) is 2.74. The number of hydrogen-bond acceptors (Lipinski definition) is 5. The predicted octanol–water partition coefficient (Wildman–Crippen LogP) is 3.02. The van der Waals surface area contributed by atoms with Gasteiger partial charge in [-0.2, -0.15) is 0 Å². The number of carbonyl (C=O) groups excluding carboxylic acids is 2. The van der Waals surface area contributed by atoms with E-state index in [-0.39, 0.29) is 24.8 Å². The largest absolute Gasteiger partial charge is 0.497 e. The topological polar surface area (TPSA) is 105 Å². The third-order valence-corrected chi connectivity index (χ3v) is 5.70.